The molecule has 5 heteroatoms. The number of hydrogen-bond donors (Lipinski definition) is 1. The minimum atomic E-state index is -0.832. The molecule has 25 heavy (non-hydrogen) atoms. The minimum Gasteiger partial charge on any atom is -0.379 e. The van der Waals surface area contributed by atoms with Crippen LogP contribution in [0.25, 0.3) is 0 Å². The second-order valence-electron chi connectivity index (χ2n) is 7.01. The van der Waals surface area contributed by atoms with Crippen molar-refractivity contribution < 1.29 is 14.3 Å². The molecule has 1 aliphatic heterocycles. The summed E-state index contributed by atoms with van der Waals surface area (Å²) in [4.78, 5) is 27.1. The number of nitrogens with one attached hydrogen (secondary N) is 1. The zero-order valence-electron chi connectivity index (χ0n) is 15.8. The molecule has 1 saturated heterocycles. The van der Waals surface area contributed by atoms with Crippen molar-refractivity contribution >= 4 is 17.5 Å². The highest BCUT2D eigenvalue weighted by molar-refractivity contribution is 6.06. The van der Waals surface area contributed by atoms with Gasteiger partial charge in [-0.3, -0.25) is 14.5 Å². The first-order valence-electron chi connectivity index (χ1n) is 9.21. The molecule has 2 rings (SSSR count). The normalized spacial score (nSPS) is 20.4. The molecule has 1 aromatic carbocycles. The second-order valence-corrected chi connectivity index (χ2v) is 7.01. The minimum absolute atomic E-state index is 0.0155. The summed E-state index contributed by atoms with van der Waals surface area (Å²) in [5.74, 6) is -0.0736. The van der Waals surface area contributed by atoms with E-state index in [-0.39, 0.29) is 17.9 Å². The number of ether oxygens (including phenoxy) is 1. The zero-order chi connectivity index (χ0) is 18.4. The van der Waals surface area contributed by atoms with E-state index in [4.69, 9.17) is 4.74 Å². The van der Waals surface area contributed by atoms with Crippen molar-refractivity contribution in [1.82, 2.24) is 5.32 Å². The van der Waals surface area contributed by atoms with E-state index in [0.29, 0.717) is 26.0 Å². The summed E-state index contributed by atoms with van der Waals surface area (Å²) in [6, 6.07) is 7.84. The number of carbonyl (C=O) groups is 2. The Morgan fingerprint density at radius 1 is 1.36 bits per heavy atom. The summed E-state index contributed by atoms with van der Waals surface area (Å²) < 4.78 is 5.50. The Kier molecular flexibility index (Phi) is 6.59. The van der Waals surface area contributed by atoms with Gasteiger partial charge in [0.1, 0.15) is 5.54 Å². The summed E-state index contributed by atoms with van der Waals surface area (Å²) in [5, 5.41) is 2.98. The standard InChI is InChI=1S/C20H30N2O3/c1-5-16-9-6-7-10-17(16)22-18(23)11-12-20(22,4)19(24)21-13-8-14-25-15(2)3/h6-7,9-10,15H,5,8,11-14H2,1-4H3,(H,21,24)/t20-/m1/s1. The topological polar surface area (TPSA) is 58.6 Å². The van der Waals surface area contributed by atoms with E-state index in [2.05, 4.69) is 12.2 Å². The lowest BCUT2D eigenvalue weighted by Gasteiger charge is -2.35. The van der Waals surface area contributed by atoms with Crippen LogP contribution in [-0.2, 0) is 20.7 Å². The van der Waals surface area contributed by atoms with Crippen LogP contribution in [0.15, 0.2) is 24.3 Å². The molecule has 1 N–H and O–H groups in total. The molecule has 1 aromatic rings. The summed E-state index contributed by atoms with van der Waals surface area (Å²) in [6.45, 7) is 9.09. The summed E-state index contributed by atoms with van der Waals surface area (Å²) in [6.07, 6.45) is 2.72. The van der Waals surface area contributed by atoms with Crippen LogP contribution in [0.5, 0.6) is 0 Å². The van der Waals surface area contributed by atoms with Gasteiger partial charge >= 0.3 is 0 Å². The molecule has 0 radical (unpaired) electrons. The first-order chi connectivity index (χ1) is 11.9. The van der Waals surface area contributed by atoms with Crippen molar-refractivity contribution in [3.8, 4) is 0 Å². The monoisotopic (exact) mass is 346 g/mol. The van der Waals surface area contributed by atoms with Gasteiger partial charge in [-0.05, 0) is 51.7 Å². The third-order valence-electron chi connectivity index (χ3n) is 4.73. The molecule has 1 aliphatic rings. The Bertz CT molecular complexity index is 615. The quantitative estimate of drug-likeness (QED) is 0.736. The van der Waals surface area contributed by atoms with Crippen molar-refractivity contribution in [1.29, 1.82) is 0 Å². The van der Waals surface area contributed by atoms with E-state index in [9.17, 15) is 9.59 Å². The van der Waals surface area contributed by atoms with Crippen molar-refractivity contribution in [3.05, 3.63) is 29.8 Å². The van der Waals surface area contributed by atoms with E-state index in [1.165, 1.54) is 0 Å². The molecule has 0 bridgehead atoms. The molecule has 0 unspecified atom stereocenters. The third kappa shape index (κ3) is 4.40. The Hall–Kier alpha value is -1.88. The molecule has 0 aromatic heterocycles. The molecular formula is C20H30N2O3. The lowest BCUT2D eigenvalue weighted by atomic mass is 9.96. The van der Waals surface area contributed by atoms with Gasteiger partial charge in [0.05, 0.1) is 6.10 Å². The molecular weight excluding hydrogens is 316 g/mol. The van der Waals surface area contributed by atoms with Crippen LogP contribution in [0.1, 0.15) is 52.5 Å². The Balaban J connectivity index is 2.09. The molecule has 0 spiro atoms. The smallest absolute Gasteiger partial charge is 0.246 e. The average molecular weight is 346 g/mol. The predicted molar refractivity (Wildman–Crippen MR) is 99.7 cm³/mol. The van der Waals surface area contributed by atoms with Gasteiger partial charge in [-0.2, -0.15) is 0 Å². The van der Waals surface area contributed by atoms with E-state index in [1.807, 2.05) is 45.0 Å². The molecule has 0 saturated carbocycles. The Labute approximate surface area is 150 Å². The van der Waals surface area contributed by atoms with E-state index in [1.54, 1.807) is 4.90 Å². The van der Waals surface area contributed by atoms with Gasteiger partial charge in [-0.15, -0.1) is 0 Å². The second kappa shape index (κ2) is 8.48. The van der Waals surface area contributed by atoms with Crippen molar-refractivity contribution in [2.45, 2.75) is 65.0 Å². The molecule has 2 amide bonds. The van der Waals surface area contributed by atoms with Crippen molar-refractivity contribution in [3.63, 3.8) is 0 Å². The molecule has 1 fully saturated rings. The Morgan fingerprint density at radius 3 is 2.76 bits per heavy atom. The van der Waals surface area contributed by atoms with E-state index >= 15 is 0 Å². The van der Waals surface area contributed by atoms with Crippen LogP contribution >= 0.6 is 0 Å². The highest BCUT2D eigenvalue weighted by Gasteiger charge is 2.48. The zero-order valence-corrected chi connectivity index (χ0v) is 15.8. The number of amides is 2. The van der Waals surface area contributed by atoms with E-state index in [0.717, 1.165) is 24.1 Å². The largest absolute Gasteiger partial charge is 0.379 e. The van der Waals surface area contributed by atoms with Gasteiger partial charge in [0.25, 0.3) is 0 Å². The highest BCUT2D eigenvalue weighted by atomic mass is 16.5. The van der Waals surface area contributed by atoms with Gasteiger partial charge in [0.15, 0.2) is 0 Å². The summed E-state index contributed by atoms with van der Waals surface area (Å²) >= 11 is 0. The number of anilines is 1. The van der Waals surface area contributed by atoms with E-state index < -0.39 is 5.54 Å². The molecule has 1 heterocycles. The number of hydrogen-bond acceptors (Lipinski definition) is 3. The number of benzene rings is 1. The first kappa shape index (κ1) is 19.4. The van der Waals surface area contributed by atoms with Crippen LogP contribution in [0, 0.1) is 0 Å². The van der Waals surface area contributed by atoms with Crippen LogP contribution in [0.3, 0.4) is 0 Å². The molecule has 0 aliphatic carbocycles. The van der Waals surface area contributed by atoms with Crippen LogP contribution in [0.2, 0.25) is 0 Å². The van der Waals surface area contributed by atoms with Crippen LogP contribution < -0.4 is 10.2 Å². The molecule has 1 atom stereocenters. The maximum absolute atomic E-state index is 12.8. The van der Waals surface area contributed by atoms with Gasteiger partial charge < -0.3 is 10.1 Å². The average Bonchev–Trinajstić information content (AvgIpc) is 2.90. The highest BCUT2D eigenvalue weighted by Crippen LogP contribution is 2.37. The Morgan fingerprint density at radius 2 is 2.08 bits per heavy atom. The summed E-state index contributed by atoms with van der Waals surface area (Å²) in [7, 11) is 0. The predicted octanol–water partition coefficient (Wildman–Crippen LogP) is 3.07. The van der Waals surface area contributed by atoms with Gasteiger partial charge in [0, 0.05) is 25.3 Å². The first-order valence-corrected chi connectivity index (χ1v) is 9.21. The number of para-hydroxylation sites is 1. The lowest BCUT2D eigenvalue weighted by molar-refractivity contribution is -0.127. The maximum Gasteiger partial charge on any atom is 0.246 e. The van der Waals surface area contributed by atoms with Crippen molar-refractivity contribution in [2.75, 3.05) is 18.1 Å². The molecule has 5 nitrogen and oxygen atoms in total. The number of aryl methyl sites for hydroxylation is 1. The van der Waals surface area contributed by atoms with Crippen LogP contribution in [-0.4, -0.2) is 36.6 Å². The SMILES string of the molecule is CCc1ccccc1N1C(=O)CC[C@]1(C)C(=O)NCCCOC(C)C. The van der Waals surface area contributed by atoms with Gasteiger partial charge in [-0.1, -0.05) is 25.1 Å². The fourth-order valence-electron chi connectivity index (χ4n) is 3.28. The van der Waals surface area contributed by atoms with Crippen LogP contribution in [0.4, 0.5) is 5.69 Å². The van der Waals surface area contributed by atoms with Crippen molar-refractivity contribution in [2.24, 2.45) is 0 Å². The van der Waals surface area contributed by atoms with Gasteiger partial charge in [0.2, 0.25) is 11.8 Å². The number of carbonyl (C=O) groups excluding carboxylic acids is 2. The molecule has 138 valence electrons. The summed E-state index contributed by atoms with van der Waals surface area (Å²) in [5.41, 5.74) is 1.11. The lowest BCUT2D eigenvalue weighted by Crippen LogP contribution is -2.55. The number of rotatable bonds is 8. The third-order valence-corrected chi connectivity index (χ3v) is 4.73. The fourth-order valence-corrected chi connectivity index (χ4v) is 3.28. The maximum atomic E-state index is 12.8. The fraction of sp³-hybridized carbons (Fsp3) is 0.600. The van der Waals surface area contributed by atoms with Gasteiger partial charge in [-0.25, -0.2) is 0 Å². The number of nitrogens with zero attached hydrogens (tertiary/aromatic N) is 1.